The van der Waals surface area contributed by atoms with E-state index < -0.39 is 12.0 Å². The van der Waals surface area contributed by atoms with Crippen LogP contribution in [-0.2, 0) is 9.59 Å². The molecule has 0 saturated carbocycles. The maximum absolute atomic E-state index is 12.8. The normalized spacial score (nSPS) is 18.0. The van der Waals surface area contributed by atoms with E-state index in [-0.39, 0.29) is 18.2 Å². The predicted molar refractivity (Wildman–Crippen MR) is 80.7 cm³/mol. The first-order valence-electron chi connectivity index (χ1n) is 7.19. The van der Waals surface area contributed by atoms with Crippen LogP contribution < -0.4 is 4.90 Å². The van der Waals surface area contributed by atoms with Crippen molar-refractivity contribution in [3.63, 3.8) is 0 Å². The van der Waals surface area contributed by atoms with Crippen molar-refractivity contribution in [2.75, 3.05) is 11.4 Å². The molecule has 1 aliphatic heterocycles. The molecule has 1 amide bonds. The fourth-order valence-electron chi connectivity index (χ4n) is 2.94. The molecule has 6 nitrogen and oxygen atoms in total. The summed E-state index contributed by atoms with van der Waals surface area (Å²) in [7, 11) is 0. The summed E-state index contributed by atoms with van der Waals surface area (Å²) in [5.74, 6) is -1.10. The number of benzene rings is 1. The highest BCUT2D eigenvalue weighted by Crippen LogP contribution is 2.38. The van der Waals surface area contributed by atoms with Gasteiger partial charge in [0, 0.05) is 30.5 Å². The quantitative estimate of drug-likeness (QED) is 0.937. The topological polar surface area (TPSA) is 75.4 Å². The van der Waals surface area contributed by atoms with Crippen LogP contribution in [0.2, 0.25) is 0 Å². The van der Waals surface area contributed by atoms with E-state index >= 15 is 0 Å². The number of aliphatic carboxylic acids is 1. The molecule has 2 atom stereocenters. The number of amides is 1. The summed E-state index contributed by atoms with van der Waals surface area (Å²) in [5.41, 5.74) is 1.73. The fourth-order valence-corrected chi connectivity index (χ4v) is 2.94. The third-order valence-corrected chi connectivity index (χ3v) is 4.04. The van der Waals surface area contributed by atoms with Crippen LogP contribution in [0.5, 0.6) is 0 Å². The highest BCUT2D eigenvalue weighted by Gasteiger charge is 2.35. The van der Waals surface area contributed by atoms with E-state index in [0.29, 0.717) is 6.54 Å². The summed E-state index contributed by atoms with van der Waals surface area (Å²) >= 11 is 0. The maximum Gasteiger partial charge on any atom is 0.304 e. The number of carbonyl (C=O) groups is 2. The van der Waals surface area contributed by atoms with Crippen molar-refractivity contribution in [3.05, 3.63) is 48.3 Å². The first-order valence-corrected chi connectivity index (χ1v) is 7.19. The first-order chi connectivity index (χ1) is 10.6. The predicted octanol–water partition coefficient (Wildman–Crippen LogP) is 2.05. The number of hydrogen-bond donors (Lipinski definition) is 1. The van der Waals surface area contributed by atoms with E-state index in [1.807, 2.05) is 24.3 Å². The van der Waals surface area contributed by atoms with Crippen molar-refractivity contribution in [3.8, 4) is 0 Å². The molecule has 1 N–H and O–H groups in total. The highest BCUT2D eigenvalue weighted by molar-refractivity contribution is 5.98. The second kappa shape index (κ2) is 5.63. The summed E-state index contributed by atoms with van der Waals surface area (Å²) < 4.78 is 1.61. The van der Waals surface area contributed by atoms with E-state index in [1.165, 1.54) is 0 Å². The Morgan fingerprint density at radius 1 is 1.36 bits per heavy atom. The minimum absolute atomic E-state index is 0.0247. The van der Waals surface area contributed by atoms with Gasteiger partial charge in [0.2, 0.25) is 0 Å². The molecule has 22 heavy (non-hydrogen) atoms. The summed E-state index contributed by atoms with van der Waals surface area (Å²) in [5, 5.41) is 13.2. The number of para-hydroxylation sites is 1. The Morgan fingerprint density at radius 2 is 2.14 bits per heavy atom. The van der Waals surface area contributed by atoms with Gasteiger partial charge in [-0.2, -0.15) is 5.10 Å². The van der Waals surface area contributed by atoms with Gasteiger partial charge in [0.25, 0.3) is 5.91 Å². The number of carbonyl (C=O) groups excluding carboxylic acids is 1. The van der Waals surface area contributed by atoms with Crippen LogP contribution in [0.3, 0.4) is 0 Å². The average Bonchev–Trinajstić information content (AvgIpc) is 3.14. The Labute approximate surface area is 128 Å². The van der Waals surface area contributed by atoms with Gasteiger partial charge < -0.3 is 10.0 Å². The van der Waals surface area contributed by atoms with Gasteiger partial charge in [0.05, 0.1) is 6.42 Å². The molecule has 1 aromatic heterocycles. The molecular weight excluding hydrogens is 282 g/mol. The zero-order valence-electron chi connectivity index (χ0n) is 12.2. The van der Waals surface area contributed by atoms with Crippen LogP contribution in [0, 0.1) is 0 Å². The highest BCUT2D eigenvalue weighted by atomic mass is 16.4. The van der Waals surface area contributed by atoms with Crippen molar-refractivity contribution >= 4 is 17.6 Å². The summed E-state index contributed by atoms with van der Waals surface area (Å²) in [6.45, 7) is 2.19. The second-order valence-corrected chi connectivity index (χ2v) is 5.46. The smallest absolute Gasteiger partial charge is 0.304 e. The first kappa shape index (κ1) is 14.3. The number of rotatable bonds is 4. The number of hydrogen-bond acceptors (Lipinski definition) is 3. The lowest BCUT2D eigenvalue weighted by Gasteiger charge is -2.22. The molecule has 6 heteroatoms. The lowest BCUT2D eigenvalue weighted by Crippen LogP contribution is -2.36. The van der Waals surface area contributed by atoms with Gasteiger partial charge in [0.1, 0.15) is 6.04 Å². The van der Waals surface area contributed by atoms with Crippen molar-refractivity contribution in [2.24, 2.45) is 0 Å². The summed E-state index contributed by atoms with van der Waals surface area (Å²) in [6.07, 6.45) is 3.41. The van der Waals surface area contributed by atoms with Crippen LogP contribution >= 0.6 is 0 Å². The Morgan fingerprint density at radius 3 is 2.82 bits per heavy atom. The summed E-state index contributed by atoms with van der Waals surface area (Å²) in [6, 6.07) is 8.85. The van der Waals surface area contributed by atoms with Gasteiger partial charge in [-0.25, -0.2) is 0 Å². The SMILES string of the molecule is CC(C(=O)N1CC(CC(=O)O)c2ccccc21)n1cccn1. The molecule has 3 rings (SSSR count). The number of nitrogens with zero attached hydrogens (tertiary/aromatic N) is 3. The molecule has 2 unspecified atom stereocenters. The number of aromatic nitrogens is 2. The molecule has 0 aliphatic carbocycles. The van der Waals surface area contributed by atoms with Gasteiger partial charge >= 0.3 is 5.97 Å². The Bertz CT molecular complexity index is 696. The molecule has 0 spiro atoms. The number of anilines is 1. The van der Waals surface area contributed by atoms with Crippen molar-refractivity contribution < 1.29 is 14.7 Å². The van der Waals surface area contributed by atoms with E-state index in [1.54, 1.807) is 35.0 Å². The number of carboxylic acid groups (broad SMARTS) is 1. The monoisotopic (exact) mass is 299 g/mol. The van der Waals surface area contributed by atoms with E-state index in [2.05, 4.69) is 5.10 Å². The molecule has 2 heterocycles. The molecule has 0 saturated heterocycles. The standard InChI is InChI=1S/C16H17N3O3/c1-11(19-8-4-7-17-19)16(22)18-10-12(9-15(20)21)13-5-2-3-6-14(13)18/h2-8,11-12H,9-10H2,1H3,(H,20,21). The van der Waals surface area contributed by atoms with Crippen molar-refractivity contribution in [1.29, 1.82) is 0 Å². The van der Waals surface area contributed by atoms with Gasteiger partial charge in [0.15, 0.2) is 0 Å². The van der Waals surface area contributed by atoms with E-state index in [9.17, 15) is 9.59 Å². The summed E-state index contributed by atoms with van der Waals surface area (Å²) in [4.78, 5) is 25.5. The van der Waals surface area contributed by atoms with Crippen molar-refractivity contribution in [1.82, 2.24) is 9.78 Å². The van der Waals surface area contributed by atoms with Gasteiger partial charge in [-0.05, 0) is 24.6 Å². The van der Waals surface area contributed by atoms with Crippen LogP contribution in [0.1, 0.15) is 30.9 Å². The molecule has 1 aliphatic rings. The largest absolute Gasteiger partial charge is 0.481 e. The molecule has 0 radical (unpaired) electrons. The molecule has 114 valence electrons. The number of fused-ring (bicyclic) bond motifs is 1. The van der Waals surface area contributed by atoms with E-state index in [4.69, 9.17) is 5.11 Å². The minimum Gasteiger partial charge on any atom is -0.481 e. The zero-order valence-corrected chi connectivity index (χ0v) is 12.2. The number of carboxylic acids is 1. The van der Waals surface area contributed by atoms with Gasteiger partial charge in [-0.1, -0.05) is 18.2 Å². The third-order valence-electron chi connectivity index (χ3n) is 4.04. The molecule has 1 aromatic carbocycles. The Balaban J connectivity index is 1.89. The molecular formula is C16H17N3O3. The lowest BCUT2D eigenvalue weighted by molar-refractivity contribution is -0.137. The van der Waals surface area contributed by atoms with Crippen LogP contribution in [-0.4, -0.2) is 33.3 Å². The van der Waals surface area contributed by atoms with Crippen molar-refractivity contribution in [2.45, 2.75) is 25.3 Å². The van der Waals surface area contributed by atoms with Gasteiger partial charge in [-0.3, -0.25) is 14.3 Å². The van der Waals surface area contributed by atoms with Crippen LogP contribution in [0.4, 0.5) is 5.69 Å². The second-order valence-electron chi connectivity index (χ2n) is 5.46. The Kier molecular flexibility index (Phi) is 3.66. The molecule has 0 fully saturated rings. The van der Waals surface area contributed by atoms with Crippen LogP contribution in [0.15, 0.2) is 42.7 Å². The third kappa shape index (κ3) is 2.47. The fraction of sp³-hybridized carbons (Fsp3) is 0.312. The molecule has 2 aromatic rings. The zero-order chi connectivity index (χ0) is 15.7. The van der Waals surface area contributed by atoms with Crippen LogP contribution in [0.25, 0.3) is 0 Å². The van der Waals surface area contributed by atoms with E-state index in [0.717, 1.165) is 11.3 Å². The lowest BCUT2D eigenvalue weighted by atomic mass is 9.98. The minimum atomic E-state index is -0.853. The molecule has 0 bridgehead atoms. The average molecular weight is 299 g/mol. The Hall–Kier alpha value is -2.63. The maximum atomic E-state index is 12.8. The van der Waals surface area contributed by atoms with Gasteiger partial charge in [-0.15, -0.1) is 0 Å².